The van der Waals surface area contributed by atoms with Gasteiger partial charge in [-0.2, -0.15) is 18.4 Å². The molecule has 0 bridgehead atoms. The highest BCUT2D eigenvalue weighted by Gasteiger charge is 2.30. The molecule has 4 aromatic rings. The van der Waals surface area contributed by atoms with Crippen LogP contribution in [0.3, 0.4) is 0 Å². The van der Waals surface area contributed by atoms with Crippen LogP contribution in [0.4, 0.5) is 19.0 Å². The van der Waals surface area contributed by atoms with E-state index in [0.717, 1.165) is 60.3 Å². The number of benzene rings is 1. The Morgan fingerprint density at radius 1 is 1.15 bits per heavy atom. The van der Waals surface area contributed by atoms with Crippen molar-refractivity contribution in [3.8, 4) is 6.07 Å². The number of fused-ring (bicyclic) bond motifs is 2. The monoisotopic (exact) mass is 674 g/mol. The zero-order chi connectivity index (χ0) is 32.8. The fourth-order valence-corrected chi connectivity index (χ4v) is 8.94. The van der Waals surface area contributed by atoms with Crippen LogP contribution in [0.1, 0.15) is 47.3 Å². The maximum Gasteiger partial charge on any atom is 0.393 e. The van der Waals surface area contributed by atoms with E-state index in [1.54, 1.807) is 13.0 Å². The summed E-state index contributed by atoms with van der Waals surface area (Å²) in [4.78, 5) is 14.0. The number of rotatable bonds is 8. The average Bonchev–Trinajstić information content (AvgIpc) is 3.54. The molecule has 2 fully saturated rings. The number of thiophene rings is 1. The number of anilines is 1. The number of likely N-dealkylation sites (tertiary alicyclic amines) is 1. The molecule has 2 aliphatic rings. The Bertz CT molecular complexity index is 1910. The second-order valence-electron chi connectivity index (χ2n) is 12.4. The summed E-state index contributed by atoms with van der Waals surface area (Å²) in [7, 11) is -3.32. The molecule has 15 heteroatoms. The summed E-state index contributed by atoms with van der Waals surface area (Å²) >= 11 is 1.07. The first-order valence-corrected chi connectivity index (χ1v) is 17.8. The van der Waals surface area contributed by atoms with Gasteiger partial charge in [0.15, 0.2) is 0 Å². The quantitative estimate of drug-likeness (QED) is 0.271. The Kier molecular flexibility index (Phi) is 9.03. The highest BCUT2D eigenvalue weighted by Crippen LogP contribution is 2.34. The van der Waals surface area contributed by atoms with E-state index in [4.69, 9.17) is 0 Å². The summed E-state index contributed by atoms with van der Waals surface area (Å²) in [6.07, 6.45) is -3.52. The van der Waals surface area contributed by atoms with Gasteiger partial charge in [-0.3, -0.25) is 9.80 Å². The molecule has 2 N–H and O–H groups in total. The molecule has 46 heavy (non-hydrogen) atoms. The number of aryl methyl sites for hydroxylation is 2. The minimum Gasteiger partial charge on any atom is -0.367 e. The molecule has 0 aliphatic carbocycles. The number of sulfonamides is 1. The Morgan fingerprint density at radius 2 is 1.91 bits per heavy atom. The zero-order valence-electron chi connectivity index (χ0n) is 26.0. The highest BCUT2D eigenvalue weighted by atomic mass is 32.2. The number of alkyl halides is 3. The molecule has 1 aromatic carbocycles. The van der Waals surface area contributed by atoms with Crippen molar-refractivity contribution >= 4 is 48.3 Å². The van der Waals surface area contributed by atoms with Gasteiger partial charge in [0, 0.05) is 67.1 Å². The summed E-state index contributed by atoms with van der Waals surface area (Å²) < 4.78 is 67.7. The average molecular weight is 675 g/mol. The Balaban J connectivity index is 1.12. The largest absolute Gasteiger partial charge is 0.393 e. The van der Waals surface area contributed by atoms with Gasteiger partial charge in [0.25, 0.3) is 0 Å². The molecule has 0 unspecified atom stereocenters. The van der Waals surface area contributed by atoms with Gasteiger partial charge < -0.3 is 9.88 Å². The van der Waals surface area contributed by atoms with Crippen LogP contribution in [0.15, 0.2) is 24.3 Å². The van der Waals surface area contributed by atoms with Crippen LogP contribution in [0.2, 0.25) is 0 Å². The van der Waals surface area contributed by atoms with Gasteiger partial charge in [0.1, 0.15) is 34.1 Å². The number of hydrogen-bond acceptors (Lipinski definition) is 9. The summed E-state index contributed by atoms with van der Waals surface area (Å²) in [5.74, 6) is 1.07. The lowest BCUT2D eigenvalue weighted by Crippen LogP contribution is -2.51. The Morgan fingerprint density at radius 3 is 2.61 bits per heavy atom. The van der Waals surface area contributed by atoms with Gasteiger partial charge in [-0.05, 0) is 62.9 Å². The van der Waals surface area contributed by atoms with Crippen LogP contribution in [-0.2, 0) is 29.5 Å². The molecular weight excluding hydrogens is 638 g/mol. The molecule has 0 saturated carbocycles. The highest BCUT2D eigenvalue weighted by molar-refractivity contribution is 7.89. The van der Waals surface area contributed by atoms with Crippen molar-refractivity contribution in [3.63, 3.8) is 0 Å². The van der Waals surface area contributed by atoms with Crippen molar-refractivity contribution in [3.05, 3.63) is 51.8 Å². The molecule has 1 atom stereocenters. The Hall–Kier alpha value is -3.29. The molecule has 246 valence electrons. The molecule has 2 aliphatic heterocycles. The molecule has 0 spiro atoms. The number of nitrogens with zero attached hydrogens (tertiary/aromatic N) is 6. The lowest BCUT2D eigenvalue weighted by atomic mass is 10.0. The van der Waals surface area contributed by atoms with Crippen molar-refractivity contribution < 1.29 is 21.6 Å². The van der Waals surface area contributed by atoms with Crippen LogP contribution < -0.4 is 10.0 Å². The van der Waals surface area contributed by atoms with Crippen molar-refractivity contribution in [2.45, 2.75) is 71.4 Å². The summed E-state index contributed by atoms with van der Waals surface area (Å²) in [5.41, 5.74) is 3.82. The van der Waals surface area contributed by atoms with E-state index >= 15 is 0 Å². The number of halogens is 3. The van der Waals surface area contributed by atoms with E-state index < -0.39 is 22.6 Å². The predicted octanol–water partition coefficient (Wildman–Crippen LogP) is 4.90. The van der Waals surface area contributed by atoms with Crippen molar-refractivity contribution in [2.24, 2.45) is 0 Å². The van der Waals surface area contributed by atoms with Crippen LogP contribution in [0.25, 0.3) is 21.1 Å². The van der Waals surface area contributed by atoms with Crippen LogP contribution in [0, 0.1) is 25.2 Å². The van der Waals surface area contributed by atoms with E-state index in [-0.39, 0.29) is 22.8 Å². The first kappa shape index (κ1) is 32.6. The molecule has 2 saturated heterocycles. The lowest BCUT2D eigenvalue weighted by Gasteiger charge is -2.33. The normalized spacial score (nSPS) is 19.1. The minimum atomic E-state index is -4.27. The standard InChI is InChI=1S/C31H37F3N8O2S2/c1-19(41-11-8-36-46(43,44)18-41)16-42-24(15-35)12-26-20(2)22(4-5-28(26)42)17-40-9-6-23(7-10-40)39-29-27-13-25(14-31(32,33)34)45-30(27)38-21(3)37-29/h4-5,12-13,19,23,36H,6-11,14,16-18H2,1-3H3,(H,37,38,39)/t19-/m0/s1. The predicted molar refractivity (Wildman–Crippen MR) is 173 cm³/mol. The van der Waals surface area contributed by atoms with Gasteiger partial charge >= 0.3 is 6.18 Å². The summed E-state index contributed by atoms with van der Waals surface area (Å²) in [6.45, 7) is 9.80. The smallest absolute Gasteiger partial charge is 0.367 e. The van der Waals surface area contributed by atoms with E-state index in [0.29, 0.717) is 47.2 Å². The number of nitriles is 1. The van der Waals surface area contributed by atoms with Gasteiger partial charge in [0.05, 0.1) is 11.8 Å². The van der Waals surface area contributed by atoms with Gasteiger partial charge in [0.2, 0.25) is 10.0 Å². The van der Waals surface area contributed by atoms with E-state index in [1.807, 2.05) is 22.5 Å². The fourth-order valence-electron chi connectivity index (χ4n) is 6.52. The molecule has 0 radical (unpaired) electrons. The van der Waals surface area contributed by atoms with Gasteiger partial charge in [-0.25, -0.2) is 23.1 Å². The maximum absolute atomic E-state index is 13.0. The first-order chi connectivity index (χ1) is 21.8. The van der Waals surface area contributed by atoms with Crippen molar-refractivity contribution in [2.75, 3.05) is 37.4 Å². The molecular formula is C31H37F3N8O2S2. The van der Waals surface area contributed by atoms with E-state index in [9.17, 15) is 26.9 Å². The minimum absolute atomic E-state index is 0.0510. The first-order valence-electron chi connectivity index (χ1n) is 15.3. The lowest BCUT2D eigenvalue weighted by molar-refractivity contribution is -0.126. The van der Waals surface area contributed by atoms with Crippen LogP contribution in [-0.4, -0.2) is 83.1 Å². The van der Waals surface area contributed by atoms with E-state index in [2.05, 4.69) is 50.0 Å². The fraction of sp³-hybridized carbons (Fsp3) is 0.516. The number of piperidine rings is 1. The third-order valence-electron chi connectivity index (χ3n) is 8.96. The second-order valence-corrected chi connectivity index (χ2v) is 15.3. The number of aromatic nitrogens is 3. The third-order valence-corrected chi connectivity index (χ3v) is 11.3. The second kappa shape index (κ2) is 12.7. The zero-order valence-corrected chi connectivity index (χ0v) is 27.6. The molecule has 10 nitrogen and oxygen atoms in total. The molecule has 0 amide bonds. The van der Waals surface area contributed by atoms with Gasteiger partial charge in [-0.15, -0.1) is 11.3 Å². The third kappa shape index (κ3) is 7.16. The van der Waals surface area contributed by atoms with Crippen LogP contribution in [0.5, 0.6) is 0 Å². The maximum atomic E-state index is 13.0. The SMILES string of the molecule is Cc1nc(NC2CCN(Cc3ccc4c(cc(C#N)n4C[C@H](C)N4CCNS(=O)(=O)C4)c3C)CC2)c2cc(CC(F)(F)F)sc2n1. The number of hydrogen-bond donors (Lipinski definition) is 2. The van der Waals surface area contributed by atoms with Crippen LogP contribution >= 0.6 is 11.3 Å². The summed E-state index contributed by atoms with van der Waals surface area (Å²) in [6, 6.07) is 10.1. The molecule has 5 heterocycles. The molecule has 6 rings (SSSR count). The molecule has 3 aromatic heterocycles. The Labute approximate surface area is 270 Å². The van der Waals surface area contributed by atoms with Crippen molar-refractivity contribution in [1.82, 2.24) is 29.1 Å². The topological polar surface area (TPSA) is 119 Å². The number of nitrogens with one attached hydrogen (secondary N) is 2. The summed E-state index contributed by atoms with van der Waals surface area (Å²) in [5, 5.41) is 15.1. The van der Waals surface area contributed by atoms with E-state index in [1.165, 1.54) is 5.56 Å². The van der Waals surface area contributed by atoms with Gasteiger partial charge in [-0.1, -0.05) is 6.07 Å². The van der Waals surface area contributed by atoms with Crippen molar-refractivity contribution in [1.29, 1.82) is 5.26 Å².